The van der Waals surface area contributed by atoms with E-state index in [9.17, 15) is 13.2 Å². The first-order valence-electron chi connectivity index (χ1n) is 10.3. The summed E-state index contributed by atoms with van der Waals surface area (Å²) in [6, 6.07) is 21.7. The van der Waals surface area contributed by atoms with Crippen LogP contribution < -0.4 is 5.32 Å². The minimum absolute atomic E-state index is 0.109. The molecule has 0 saturated heterocycles. The molecule has 1 atom stereocenters. The van der Waals surface area contributed by atoms with Gasteiger partial charge in [0.15, 0.2) is 0 Å². The van der Waals surface area contributed by atoms with E-state index in [1.807, 2.05) is 69.3 Å². The van der Waals surface area contributed by atoms with Crippen molar-refractivity contribution >= 4 is 31.9 Å². The topological polar surface area (TPSA) is 66.5 Å². The van der Waals surface area contributed by atoms with Gasteiger partial charge in [0.2, 0.25) is 15.9 Å². The molecule has 0 saturated carbocycles. The highest BCUT2D eigenvalue weighted by Crippen LogP contribution is 2.20. The fourth-order valence-corrected chi connectivity index (χ4v) is 5.03. The van der Waals surface area contributed by atoms with Crippen LogP contribution >= 0.6 is 15.9 Å². The van der Waals surface area contributed by atoms with Gasteiger partial charge in [-0.05, 0) is 56.2 Å². The molecule has 0 radical (unpaired) electrons. The van der Waals surface area contributed by atoms with Gasteiger partial charge in [-0.1, -0.05) is 75.6 Å². The van der Waals surface area contributed by atoms with Crippen LogP contribution in [-0.2, 0) is 21.4 Å². The van der Waals surface area contributed by atoms with Crippen LogP contribution in [0.2, 0.25) is 0 Å². The molecule has 3 rings (SSSR count). The van der Waals surface area contributed by atoms with Crippen molar-refractivity contribution in [3.63, 3.8) is 0 Å². The average molecular weight is 515 g/mol. The maximum absolute atomic E-state index is 13.4. The fraction of sp³-hybridized carbons (Fsp3) is 0.240. The number of halogens is 1. The van der Waals surface area contributed by atoms with Gasteiger partial charge >= 0.3 is 0 Å². The zero-order valence-electron chi connectivity index (χ0n) is 18.4. The van der Waals surface area contributed by atoms with Crippen molar-refractivity contribution in [1.29, 1.82) is 0 Å². The Hall–Kier alpha value is -2.48. The highest BCUT2D eigenvalue weighted by atomic mass is 79.9. The van der Waals surface area contributed by atoms with E-state index in [-0.39, 0.29) is 29.9 Å². The van der Waals surface area contributed by atoms with Crippen molar-refractivity contribution in [2.45, 2.75) is 38.3 Å². The molecule has 3 aromatic rings. The molecule has 32 heavy (non-hydrogen) atoms. The molecule has 5 nitrogen and oxygen atoms in total. The third kappa shape index (κ3) is 6.28. The first-order valence-corrected chi connectivity index (χ1v) is 12.6. The maximum Gasteiger partial charge on any atom is 0.243 e. The summed E-state index contributed by atoms with van der Waals surface area (Å²) >= 11 is 3.40. The predicted octanol–water partition coefficient (Wildman–Crippen LogP) is 5.13. The first kappa shape index (κ1) is 24.2. The Balaban J connectivity index is 1.83. The highest BCUT2D eigenvalue weighted by molar-refractivity contribution is 9.10. The summed E-state index contributed by atoms with van der Waals surface area (Å²) < 4.78 is 29.0. The van der Waals surface area contributed by atoms with Gasteiger partial charge < -0.3 is 5.32 Å². The van der Waals surface area contributed by atoms with Crippen LogP contribution in [0.15, 0.2) is 82.2 Å². The summed E-state index contributed by atoms with van der Waals surface area (Å²) in [6.45, 7) is 5.57. The minimum atomic E-state index is -3.86. The Morgan fingerprint density at radius 1 is 0.969 bits per heavy atom. The third-order valence-corrected chi connectivity index (χ3v) is 7.50. The lowest BCUT2D eigenvalue weighted by molar-refractivity contribution is -0.122. The van der Waals surface area contributed by atoms with Gasteiger partial charge in [0.1, 0.15) is 0 Å². The SMILES string of the molecule is Cc1ccc(S(=O)(=O)N(CC(=O)N[C@H](C)c2ccc(Br)cc2)Cc2cccc(C)c2)cc1. The summed E-state index contributed by atoms with van der Waals surface area (Å²) in [5, 5.41) is 2.92. The molecule has 0 heterocycles. The van der Waals surface area contributed by atoms with Crippen LogP contribution in [0.3, 0.4) is 0 Å². The van der Waals surface area contributed by atoms with Crippen molar-refractivity contribution in [1.82, 2.24) is 9.62 Å². The molecular weight excluding hydrogens is 488 g/mol. The Labute approximate surface area is 198 Å². The van der Waals surface area contributed by atoms with Crippen LogP contribution in [0, 0.1) is 13.8 Å². The van der Waals surface area contributed by atoms with Gasteiger partial charge in [-0.25, -0.2) is 8.42 Å². The number of benzene rings is 3. The molecule has 168 valence electrons. The molecule has 0 aliphatic carbocycles. The summed E-state index contributed by atoms with van der Waals surface area (Å²) in [6.07, 6.45) is 0. The predicted molar refractivity (Wildman–Crippen MR) is 131 cm³/mol. The van der Waals surface area contributed by atoms with E-state index in [0.717, 1.165) is 26.7 Å². The molecule has 0 bridgehead atoms. The number of nitrogens with zero attached hydrogens (tertiary/aromatic N) is 1. The lowest BCUT2D eigenvalue weighted by Crippen LogP contribution is -2.41. The maximum atomic E-state index is 13.4. The molecule has 0 spiro atoms. The number of aryl methyl sites for hydroxylation is 2. The fourth-order valence-electron chi connectivity index (χ4n) is 3.38. The second-order valence-corrected chi connectivity index (χ2v) is 10.8. The number of hydrogen-bond acceptors (Lipinski definition) is 3. The molecule has 0 unspecified atom stereocenters. The van der Waals surface area contributed by atoms with E-state index in [2.05, 4.69) is 21.2 Å². The van der Waals surface area contributed by atoms with Gasteiger partial charge in [-0.3, -0.25) is 4.79 Å². The summed E-state index contributed by atoms with van der Waals surface area (Å²) in [5.74, 6) is -0.358. The van der Waals surface area contributed by atoms with Gasteiger partial charge in [0, 0.05) is 11.0 Å². The monoisotopic (exact) mass is 514 g/mol. The van der Waals surface area contributed by atoms with Crippen molar-refractivity contribution in [2.24, 2.45) is 0 Å². The van der Waals surface area contributed by atoms with Gasteiger partial charge in [0.05, 0.1) is 17.5 Å². The molecule has 1 N–H and O–H groups in total. The van der Waals surface area contributed by atoms with E-state index < -0.39 is 10.0 Å². The van der Waals surface area contributed by atoms with Crippen LogP contribution in [0.4, 0.5) is 0 Å². The van der Waals surface area contributed by atoms with E-state index in [1.165, 1.54) is 4.31 Å². The number of carbonyl (C=O) groups is 1. The zero-order valence-corrected chi connectivity index (χ0v) is 20.8. The van der Waals surface area contributed by atoms with Gasteiger partial charge in [-0.15, -0.1) is 0 Å². The number of amides is 1. The van der Waals surface area contributed by atoms with Crippen molar-refractivity contribution < 1.29 is 13.2 Å². The molecule has 0 aliphatic rings. The Kier molecular flexibility index (Phi) is 7.87. The van der Waals surface area contributed by atoms with Crippen LogP contribution in [0.25, 0.3) is 0 Å². The Bertz CT molecular complexity index is 1180. The van der Waals surface area contributed by atoms with E-state index in [1.54, 1.807) is 24.3 Å². The van der Waals surface area contributed by atoms with Crippen LogP contribution in [0.1, 0.15) is 35.2 Å². The first-order chi connectivity index (χ1) is 15.1. The quantitative estimate of drug-likeness (QED) is 0.452. The minimum Gasteiger partial charge on any atom is -0.348 e. The Morgan fingerprint density at radius 3 is 2.25 bits per heavy atom. The second kappa shape index (κ2) is 10.4. The van der Waals surface area contributed by atoms with E-state index >= 15 is 0 Å². The van der Waals surface area contributed by atoms with Gasteiger partial charge in [-0.2, -0.15) is 4.31 Å². The summed E-state index contributed by atoms with van der Waals surface area (Å²) in [7, 11) is -3.86. The third-order valence-electron chi connectivity index (χ3n) is 5.17. The molecule has 0 aliphatic heterocycles. The van der Waals surface area contributed by atoms with Crippen molar-refractivity contribution in [3.05, 3.63) is 99.5 Å². The van der Waals surface area contributed by atoms with Crippen LogP contribution in [0.5, 0.6) is 0 Å². The molecule has 1 amide bonds. The number of hydrogen-bond donors (Lipinski definition) is 1. The van der Waals surface area contributed by atoms with Crippen molar-refractivity contribution in [3.8, 4) is 0 Å². The molecule has 0 aromatic heterocycles. The second-order valence-electron chi connectivity index (χ2n) is 7.92. The number of nitrogens with one attached hydrogen (secondary N) is 1. The molecule has 7 heteroatoms. The molecule has 3 aromatic carbocycles. The number of rotatable bonds is 8. The van der Waals surface area contributed by atoms with Crippen molar-refractivity contribution in [2.75, 3.05) is 6.54 Å². The standard InChI is InChI=1S/C25H27BrN2O3S/c1-18-7-13-24(14-8-18)32(30,31)28(16-21-6-4-5-19(2)15-21)17-25(29)27-20(3)22-9-11-23(26)12-10-22/h4-15,20H,16-17H2,1-3H3,(H,27,29)/t20-/m1/s1. The smallest absolute Gasteiger partial charge is 0.243 e. The molecular formula is C25H27BrN2O3S. The largest absolute Gasteiger partial charge is 0.348 e. The lowest BCUT2D eigenvalue weighted by Gasteiger charge is -2.23. The average Bonchev–Trinajstić information content (AvgIpc) is 2.74. The van der Waals surface area contributed by atoms with Gasteiger partial charge in [0.25, 0.3) is 0 Å². The zero-order chi connectivity index (χ0) is 23.3. The normalized spacial score (nSPS) is 12.5. The lowest BCUT2D eigenvalue weighted by atomic mass is 10.1. The Morgan fingerprint density at radius 2 is 1.62 bits per heavy atom. The summed E-state index contributed by atoms with van der Waals surface area (Å²) in [4.78, 5) is 13.0. The summed E-state index contributed by atoms with van der Waals surface area (Å²) in [5.41, 5.74) is 3.77. The van der Waals surface area contributed by atoms with E-state index in [4.69, 9.17) is 0 Å². The molecule has 0 fully saturated rings. The van der Waals surface area contributed by atoms with Crippen LogP contribution in [-0.4, -0.2) is 25.2 Å². The number of sulfonamides is 1. The number of carbonyl (C=O) groups excluding carboxylic acids is 1. The highest BCUT2D eigenvalue weighted by Gasteiger charge is 2.27. The van der Waals surface area contributed by atoms with E-state index in [0.29, 0.717) is 0 Å².